The van der Waals surface area contributed by atoms with E-state index in [1.54, 1.807) is 6.07 Å². The van der Waals surface area contributed by atoms with E-state index in [9.17, 15) is 13.2 Å². The fourth-order valence-electron chi connectivity index (χ4n) is 3.14. The second kappa shape index (κ2) is 8.61. The highest BCUT2D eigenvalue weighted by molar-refractivity contribution is 7.89. The Balaban J connectivity index is 1.77. The van der Waals surface area contributed by atoms with E-state index in [4.69, 9.17) is 23.2 Å². The summed E-state index contributed by atoms with van der Waals surface area (Å²) in [5.41, 5.74) is 0.787. The fourth-order valence-corrected chi connectivity index (χ4v) is 5.12. The zero-order valence-corrected chi connectivity index (χ0v) is 16.9. The summed E-state index contributed by atoms with van der Waals surface area (Å²) in [5.74, 6) is -0.313. The van der Waals surface area contributed by atoms with Crippen LogP contribution in [-0.4, -0.2) is 31.2 Å². The highest BCUT2D eigenvalue weighted by atomic mass is 35.5. The second-order valence-corrected chi connectivity index (χ2v) is 9.12. The molecule has 0 unspecified atom stereocenters. The van der Waals surface area contributed by atoms with Gasteiger partial charge >= 0.3 is 0 Å². The number of rotatable bonds is 5. The Bertz CT molecular complexity index is 917. The molecule has 144 valence electrons. The Morgan fingerprint density at radius 1 is 1.07 bits per heavy atom. The molecule has 2 aromatic rings. The van der Waals surface area contributed by atoms with Crippen LogP contribution < -0.4 is 5.32 Å². The van der Waals surface area contributed by atoms with Gasteiger partial charge < -0.3 is 5.32 Å². The monoisotopic (exact) mass is 426 g/mol. The summed E-state index contributed by atoms with van der Waals surface area (Å²) < 4.78 is 27.3. The number of nitrogens with zero attached hydrogens (tertiary/aromatic N) is 1. The Morgan fingerprint density at radius 2 is 1.78 bits per heavy atom. The van der Waals surface area contributed by atoms with E-state index in [1.807, 2.05) is 18.2 Å². The third kappa shape index (κ3) is 4.63. The van der Waals surface area contributed by atoms with Crippen LogP contribution in [0.2, 0.25) is 10.0 Å². The van der Waals surface area contributed by atoms with E-state index in [0.29, 0.717) is 23.0 Å². The van der Waals surface area contributed by atoms with Gasteiger partial charge in [-0.15, -0.1) is 0 Å². The molecule has 1 aliphatic heterocycles. The van der Waals surface area contributed by atoms with Crippen LogP contribution in [0.5, 0.6) is 0 Å². The first kappa shape index (κ1) is 20.1. The van der Waals surface area contributed by atoms with Gasteiger partial charge in [0.1, 0.15) is 6.04 Å². The van der Waals surface area contributed by atoms with Gasteiger partial charge in [0, 0.05) is 23.1 Å². The Kier molecular flexibility index (Phi) is 6.42. The van der Waals surface area contributed by atoms with Crippen molar-refractivity contribution in [2.24, 2.45) is 0 Å². The molecule has 1 fully saturated rings. The van der Waals surface area contributed by atoms with Gasteiger partial charge in [-0.2, -0.15) is 4.31 Å². The predicted molar refractivity (Wildman–Crippen MR) is 106 cm³/mol. The van der Waals surface area contributed by atoms with Crippen LogP contribution in [0.15, 0.2) is 53.4 Å². The molecular formula is C19H20Cl2N2O3S. The summed E-state index contributed by atoms with van der Waals surface area (Å²) in [6.45, 7) is 0.568. The lowest BCUT2D eigenvalue weighted by Crippen LogP contribution is -2.51. The molecule has 0 bridgehead atoms. The average molecular weight is 427 g/mol. The molecular weight excluding hydrogens is 407 g/mol. The van der Waals surface area contributed by atoms with E-state index in [0.717, 1.165) is 18.4 Å². The number of halogens is 2. The number of piperidine rings is 1. The average Bonchev–Trinajstić information content (AvgIpc) is 2.67. The maximum Gasteiger partial charge on any atom is 0.243 e. The van der Waals surface area contributed by atoms with Crippen LogP contribution >= 0.6 is 23.2 Å². The van der Waals surface area contributed by atoms with Gasteiger partial charge in [0.25, 0.3) is 0 Å². The molecule has 1 heterocycles. The van der Waals surface area contributed by atoms with Gasteiger partial charge in [-0.1, -0.05) is 47.8 Å². The van der Waals surface area contributed by atoms with Crippen molar-refractivity contribution in [2.75, 3.05) is 6.54 Å². The molecule has 27 heavy (non-hydrogen) atoms. The molecule has 3 rings (SSSR count). The van der Waals surface area contributed by atoms with Crippen LogP contribution in [0.25, 0.3) is 0 Å². The third-order valence-electron chi connectivity index (χ3n) is 4.59. The lowest BCUT2D eigenvalue weighted by molar-refractivity contribution is -0.125. The third-order valence-corrected chi connectivity index (χ3v) is 7.13. The molecule has 0 saturated carbocycles. The molecule has 0 radical (unpaired) electrons. The lowest BCUT2D eigenvalue weighted by atomic mass is 10.0. The standard InChI is InChI=1S/C19H20Cl2N2O3S/c20-15-8-10-16(11-9-15)27(25,26)23-12-4-3-7-18(23)19(24)22-13-14-5-1-2-6-17(14)21/h1-2,5-6,8-11,18H,3-4,7,12-13H2,(H,22,24)/t18-/m1/s1. The molecule has 0 spiro atoms. The first-order valence-corrected chi connectivity index (χ1v) is 10.9. The van der Waals surface area contributed by atoms with Crippen molar-refractivity contribution in [3.63, 3.8) is 0 Å². The summed E-state index contributed by atoms with van der Waals surface area (Å²) >= 11 is 12.0. The number of carbonyl (C=O) groups is 1. The van der Waals surface area contributed by atoms with E-state index >= 15 is 0 Å². The summed E-state index contributed by atoms with van der Waals surface area (Å²) in [7, 11) is -3.78. The molecule has 0 aliphatic carbocycles. The summed E-state index contributed by atoms with van der Waals surface area (Å²) in [6, 6.07) is 12.5. The highest BCUT2D eigenvalue weighted by Gasteiger charge is 2.37. The maximum absolute atomic E-state index is 13.0. The minimum Gasteiger partial charge on any atom is -0.351 e. The predicted octanol–water partition coefficient (Wildman–Crippen LogP) is 3.85. The first-order valence-electron chi connectivity index (χ1n) is 8.68. The molecule has 1 atom stereocenters. The number of hydrogen-bond acceptors (Lipinski definition) is 3. The number of amides is 1. The first-order chi connectivity index (χ1) is 12.9. The molecule has 1 saturated heterocycles. The smallest absolute Gasteiger partial charge is 0.243 e. The van der Waals surface area contributed by atoms with Crippen molar-refractivity contribution in [3.8, 4) is 0 Å². The number of hydrogen-bond donors (Lipinski definition) is 1. The summed E-state index contributed by atoms with van der Waals surface area (Å²) in [6.07, 6.45) is 2.01. The maximum atomic E-state index is 13.0. The van der Waals surface area contributed by atoms with Gasteiger partial charge in [0.05, 0.1) is 4.90 Å². The fraction of sp³-hybridized carbons (Fsp3) is 0.316. The van der Waals surface area contributed by atoms with E-state index < -0.39 is 16.1 Å². The van der Waals surface area contributed by atoms with Crippen molar-refractivity contribution in [3.05, 3.63) is 64.1 Å². The van der Waals surface area contributed by atoms with Gasteiger partial charge in [0.2, 0.25) is 15.9 Å². The molecule has 1 amide bonds. The topological polar surface area (TPSA) is 66.5 Å². The molecule has 8 heteroatoms. The normalized spacial score (nSPS) is 18.2. The Morgan fingerprint density at radius 3 is 2.48 bits per heavy atom. The number of sulfonamides is 1. The van der Waals surface area contributed by atoms with Crippen LogP contribution in [0, 0.1) is 0 Å². The second-order valence-electron chi connectivity index (χ2n) is 6.39. The Labute approximate surface area is 169 Å². The number of nitrogens with one attached hydrogen (secondary N) is 1. The summed E-state index contributed by atoms with van der Waals surface area (Å²) in [5, 5.41) is 3.84. The van der Waals surface area contributed by atoms with Crippen LogP contribution in [0.4, 0.5) is 0 Å². The number of benzene rings is 2. The zero-order valence-electron chi connectivity index (χ0n) is 14.6. The lowest BCUT2D eigenvalue weighted by Gasteiger charge is -2.33. The van der Waals surface area contributed by atoms with Gasteiger partial charge in [-0.05, 0) is 48.7 Å². The minimum absolute atomic E-state index is 0.137. The largest absolute Gasteiger partial charge is 0.351 e. The molecule has 0 aromatic heterocycles. The van der Waals surface area contributed by atoms with Crippen molar-refractivity contribution in [1.82, 2.24) is 9.62 Å². The quantitative estimate of drug-likeness (QED) is 0.788. The van der Waals surface area contributed by atoms with Crippen molar-refractivity contribution < 1.29 is 13.2 Å². The van der Waals surface area contributed by atoms with Crippen LogP contribution in [0.3, 0.4) is 0 Å². The summed E-state index contributed by atoms with van der Waals surface area (Å²) in [4.78, 5) is 12.9. The SMILES string of the molecule is O=C(NCc1ccccc1Cl)[C@H]1CCCCN1S(=O)(=O)c1ccc(Cl)cc1. The molecule has 5 nitrogen and oxygen atoms in total. The molecule has 1 N–H and O–H groups in total. The van der Waals surface area contributed by atoms with Crippen LogP contribution in [0.1, 0.15) is 24.8 Å². The van der Waals surface area contributed by atoms with Crippen molar-refractivity contribution >= 4 is 39.1 Å². The zero-order chi connectivity index (χ0) is 19.4. The highest BCUT2D eigenvalue weighted by Crippen LogP contribution is 2.26. The Hall–Kier alpha value is -1.60. The van der Waals surface area contributed by atoms with Crippen molar-refractivity contribution in [1.29, 1.82) is 0 Å². The van der Waals surface area contributed by atoms with Gasteiger partial charge in [0.15, 0.2) is 0 Å². The van der Waals surface area contributed by atoms with Crippen LogP contribution in [-0.2, 0) is 21.4 Å². The van der Waals surface area contributed by atoms with E-state index in [1.165, 1.54) is 28.6 Å². The van der Waals surface area contributed by atoms with Crippen molar-refractivity contribution in [2.45, 2.75) is 36.7 Å². The van der Waals surface area contributed by atoms with Gasteiger partial charge in [-0.25, -0.2) is 8.42 Å². The number of carbonyl (C=O) groups excluding carboxylic acids is 1. The van der Waals surface area contributed by atoms with E-state index in [2.05, 4.69) is 5.32 Å². The molecule has 2 aromatic carbocycles. The van der Waals surface area contributed by atoms with E-state index in [-0.39, 0.29) is 17.3 Å². The minimum atomic E-state index is -3.78. The molecule has 1 aliphatic rings. The van der Waals surface area contributed by atoms with Gasteiger partial charge in [-0.3, -0.25) is 4.79 Å².